The quantitative estimate of drug-likeness (QED) is 0.330. The van der Waals surface area contributed by atoms with Crippen LogP contribution in [-0.2, 0) is 4.79 Å². The molecule has 2 rings (SSSR count). The second-order valence-corrected chi connectivity index (χ2v) is 6.62. The third-order valence-electron chi connectivity index (χ3n) is 2.73. The van der Waals surface area contributed by atoms with Crippen LogP contribution in [0.2, 0.25) is 0 Å². The lowest BCUT2D eigenvalue weighted by Gasteiger charge is -2.12. The molecule has 104 valence electrons. The molecule has 0 unspecified atom stereocenters. The van der Waals surface area contributed by atoms with E-state index in [0.29, 0.717) is 31.5 Å². The Bertz CT molecular complexity index is 634. The number of hydrogen-bond acceptors (Lipinski definition) is 6. The van der Waals surface area contributed by atoms with Gasteiger partial charge in [0.25, 0.3) is 5.91 Å². The summed E-state index contributed by atoms with van der Waals surface area (Å²) in [5, 5.41) is 7.93. The zero-order chi connectivity index (χ0) is 14.9. The first kappa shape index (κ1) is 15.7. The number of amides is 1. The van der Waals surface area contributed by atoms with Gasteiger partial charge >= 0.3 is 0 Å². The van der Waals surface area contributed by atoms with Gasteiger partial charge in [0, 0.05) is 16.6 Å². The summed E-state index contributed by atoms with van der Waals surface area (Å²) < 4.78 is 5.00. The molecular weight excluding hydrogens is 378 g/mol. The minimum Gasteiger partial charge on any atom is -0.297 e. The Morgan fingerprint density at radius 2 is 2.30 bits per heavy atom. The van der Waals surface area contributed by atoms with Gasteiger partial charge in [0.15, 0.2) is 0 Å². The molecule has 0 bridgehead atoms. The first-order valence-corrected chi connectivity index (χ1v) is 8.06. The largest absolute Gasteiger partial charge is 0.297 e. The van der Waals surface area contributed by atoms with E-state index in [1.54, 1.807) is 23.1 Å². The Morgan fingerprint density at radius 1 is 1.60 bits per heavy atom. The lowest BCUT2D eigenvalue weighted by atomic mass is 10.0. The molecule has 0 saturated carbocycles. The van der Waals surface area contributed by atoms with Crippen molar-refractivity contribution in [2.75, 3.05) is 6.54 Å². The number of likely N-dealkylation sites (N-methyl/N-ethyl adjacent to an activating group) is 1. The Hall–Kier alpha value is -0.700. The molecule has 20 heavy (non-hydrogen) atoms. The van der Waals surface area contributed by atoms with Crippen LogP contribution in [0.3, 0.4) is 0 Å². The number of nitrogens with one attached hydrogen (secondary N) is 1. The van der Waals surface area contributed by atoms with Crippen molar-refractivity contribution in [2.45, 2.75) is 6.92 Å². The van der Waals surface area contributed by atoms with E-state index in [-0.39, 0.29) is 11.6 Å². The molecule has 0 aromatic rings. The van der Waals surface area contributed by atoms with Crippen molar-refractivity contribution >= 4 is 74.4 Å². The second-order valence-electron chi connectivity index (χ2n) is 3.89. The van der Waals surface area contributed by atoms with Gasteiger partial charge in [-0.15, -0.1) is 0 Å². The Morgan fingerprint density at radius 3 is 2.85 bits per heavy atom. The molecule has 1 amide bonds. The molecule has 1 N–H and O–H groups in total. The monoisotopic (exact) mass is 387 g/mol. The van der Waals surface area contributed by atoms with Gasteiger partial charge in [0.2, 0.25) is 0 Å². The number of halogens is 1. The molecule has 1 saturated heterocycles. The number of nitrogens with zero attached hydrogens (tertiary/aromatic N) is 2. The van der Waals surface area contributed by atoms with Crippen LogP contribution in [0.5, 0.6) is 0 Å². The molecular formula is C12H10BrN3OS3. The highest BCUT2D eigenvalue weighted by atomic mass is 79.9. The summed E-state index contributed by atoms with van der Waals surface area (Å²) in [6, 6.07) is 0. The summed E-state index contributed by atoms with van der Waals surface area (Å²) in [5.74, 6) is -0.109. The minimum atomic E-state index is -0.109. The van der Waals surface area contributed by atoms with Crippen molar-refractivity contribution < 1.29 is 4.79 Å². The van der Waals surface area contributed by atoms with Crippen LogP contribution < -0.4 is 0 Å². The smallest absolute Gasteiger partial charge is 0.266 e. The zero-order valence-electron chi connectivity index (χ0n) is 10.4. The van der Waals surface area contributed by atoms with Crippen molar-refractivity contribution in [3.05, 3.63) is 33.2 Å². The fourth-order valence-electron chi connectivity index (χ4n) is 1.72. The van der Waals surface area contributed by atoms with E-state index in [1.807, 2.05) is 6.92 Å². The number of carbonyl (C=O) groups excluding carboxylic acids is 1. The van der Waals surface area contributed by atoms with Gasteiger partial charge in [-0.1, -0.05) is 30.1 Å². The van der Waals surface area contributed by atoms with E-state index in [0.717, 1.165) is 0 Å². The lowest BCUT2D eigenvalue weighted by Crippen LogP contribution is -2.27. The van der Waals surface area contributed by atoms with Crippen LogP contribution in [0.1, 0.15) is 6.92 Å². The Labute approximate surface area is 140 Å². The predicted molar refractivity (Wildman–Crippen MR) is 94.9 cm³/mol. The van der Waals surface area contributed by atoms with Gasteiger partial charge in [0.1, 0.15) is 10.0 Å². The van der Waals surface area contributed by atoms with Gasteiger partial charge in [-0.2, -0.15) is 0 Å². The van der Waals surface area contributed by atoms with Gasteiger partial charge < -0.3 is 0 Å². The maximum Gasteiger partial charge on any atom is 0.266 e. The Kier molecular flexibility index (Phi) is 5.00. The third-order valence-corrected chi connectivity index (χ3v) is 4.97. The first-order chi connectivity index (χ1) is 9.49. The van der Waals surface area contributed by atoms with Crippen molar-refractivity contribution in [1.29, 1.82) is 5.41 Å². The highest BCUT2D eigenvalue weighted by Crippen LogP contribution is 2.32. The molecule has 0 aromatic carbocycles. The number of rotatable bonds is 2. The topological polar surface area (TPSA) is 56.5 Å². The van der Waals surface area contributed by atoms with Crippen LogP contribution >= 0.6 is 52.7 Å². The SMILES string of the molecule is CCN1C(=O)/C(=C\C2=CC=C(Br)C(=N)/C2=N\S)SC1=S. The molecule has 4 nitrogen and oxygen atoms in total. The van der Waals surface area contributed by atoms with Crippen LogP contribution in [0.4, 0.5) is 0 Å². The van der Waals surface area contributed by atoms with Gasteiger partial charge in [-0.3, -0.25) is 15.1 Å². The average Bonchev–Trinajstić information content (AvgIpc) is 2.69. The first-order valence-electron chi connectivity index (χ1n) is 5.64. The van der Waals surface area contributed by atoms with E-state index in [4.69, 9.17) is 17.6 Å². The standard InChI is InChI=1S/C12H10BrN3OS3/c1-2-16-11(17)8(20-12(16)18)5-6-3-4-7(13)9(14)10(6)15-19/h3-5,14,19H,2H2,1H3/b8-5+,14-9?,15-10-. The van der Waals surface area contributed by atoms with Crippen molar-refractivity contribution in [1.82, 2.24) is 4.90 Å². The molecule has 1 heterocycles. The van der Waals surface area contributed by atoms with E-state index in [2.05, 4.69) is 33.1 Å². The summed E-state index contributed by atoms with van der Waals surface area (Å²) in [7, 11) is 0. The number of hydrogen-bond donors (Lipinski definition) is 2. The number of carbonyl (C=O) groups is 1. The number of thiol groups is 1. The summed E-state index contributed by atoms with van der Waals surface area (Å²) in [4.78, 5) is 14.2. The van der Waals surface area contributed by atoms with Crippen LogP contribution in [0, 0.1) is 5.41 Å². The highest BCUT2D eigenvalue weighted by Gasteiger charge is 2.31. The van der Waals surface area contributed by atoms with Crippen molar-refractivity contribution in [3.63, 3.8) is 0 Å². The van der Waals surface area contributed by atoms with Crippen molar-refractivity contribution in [3.8, 4) is 0 Å². The van der Waals surface area contributed by atoms with Crippen LogP contribution in [-0.4, -0.2) is 33.1 Å². The lowest BCUT2D eigenvalue weighted by molar-refractivity contribution is -0.122. The van der Waals surface area contributed by atoms with Gasteiger partial charge in [-0.25, -0.2) is 4.40 Å². The summed E-state index contributed by atoms with van der Waals surface area (Å²) in [5.41, 5.74) is 1.33. The third kappa shape index (κ3) is 2.83. The Balaban J connectivity index is 2.39. The molecule has 0 radical (unpaired) electrons. The molecule has 1 fully saturated rings. The van der Waals surface area contributed by atoms with Gasteiger partial charge in [0.05, 0.1) is 10.6 Å². The van der Waals surface area contributed by atoms with Crippen LogP contribution in [0.15, 0.2) is 37.6 Å². The second kappa shape index (κ2) is 6.38. The van der Waals surface area contributed by atoms with E-state index in [1.165, 1.54) is 11.8 Å². The van der Waals surface area contributed by atoms with Gasteiger partial charge in [-0.05, 0) is 47.8 Å². The van der Waals surface area contributed by atoms with E-state index < -0.39 is 0 Å². The average molecular weight is 388 g/mol. The fourth-order valence-corrected chi connectivity index (χ4v) is 3.63. The highest BCUT2D eigenvalue weighted by molar-refractivity contribution is 9.12. The maximum atomic E-state index is 12.1. The zero-order valence-corrected chi connectivity index (χ0v) is 14.5. The molecule has 0 spiro atoms. The summed E-state index contributed by atoms with van der Waals surface area (Å²) in [6.45, 7) is 2.43. The summed E-state index contributed by atoms with van der Waals surface area (Å²) >= 11 is 13.6. The number of thioether (sulfide) groups is 1. The van der Waals surface area contributed by atoms with E-state index >= 15 is 0 Å². The molecule has 0 aromatic heterocycles. The molecule has 0 atom stereocenters. The molecule has 1 aliphatic heterocycles. The minimum absolute atomic E-state index is 0.109. The number of allylic oxidation sites excluding steroid dienone is 5. The molecule has 8 heteroatoms. The fraction of sp³-hybridized carbons (Fsp3) is 0.167. The molecule has 2 aliphatic rings. The normalized spacial score (nSPS) is 23.8. The summed E-state index contributed by atoms with van der Waals surface area (Å²) in [6.07, 6.45) is 5.24. The predicted octanol–water partition coefficient (Wildman–Crippen LogP) is 3.27. The van der Waals surface area contributed by atoms with Crippen molar-refractivity contribution in [2.24, 2.45) is 4.40 Å². The number of thiocarbonyl (C=S) groups is 1. The van der Waals surface area contributed by atoms with Crippen LogP contribution in [0.25, 0.3) is 0 Å². The molecule has 1 aliphatic carbocycles. The van der Waals surface area contributed by atoms with E-state index in [9.17, 15) is 4.79 Å². The maximum absolute atomic E-state index is 12.1.